The summed E-state index contributed by atoms with van der Waals surface area (Å²) in [5.74, 6) is 5.09. The molecule has 7 aromatic carbocycles. The minimum Gasteiger partial charge on any atom is -0.457 e. The Bertz CT molecular complexity index is 2890. The van der Waals surface area contributed by atoms with E-state index < -0.39 is 5.41 Å². The van der Waals surface area contributed by atoms with Crippen LogP contribution in [0.4, 0.5) is 17.1 Å². The Labute approximate surface area is 374 Å². The molecule has 0 radical (unpaired) electrons. The van der Waals surface area contributed by atoms with Crippen molar-refractivity contribution in [3.63, 3.8) is 0 Å². The van der Waals surface area contributed by atoms with E-state index in [1.165, 1.54) is 118 Å². The molecule has 2 heteroatoms. The zero-order valence-electron chi connectivity index (χ0n) is 37.2. The molecule has 0 amide bonds. The van der Waals surface area contributed by atoms with Gasteiger partial charge in [0.25, 0.3) is 0 Å². The van der Waals surface area contributed by atoms with Crippen LogP contribution >= 0.6 is 0 Å². The summed E-state index contributed by atoms with van der Waals surface area (Å²) < 4.78 is 7.01. The molecule has 1 heterocycles. The number of hydrogen-bond donors (Lipinski definition) is 0. The summed E-state index contributed by atoms with van der Waals surface area (Å²) in [5, 5.41) is 0. The molecule has 0 saturated heterocycles. The van der Waals surface area contributed by atoms with Crippen molar-refractivity contribution in [2.24, 2.45) is 23.7 Å². The number of benzene rings is 7. The van der Waals surface area contributed by atoms with Gasteiger partial charge in [-0.3, -0.25) is 0 Å². The molecule has 4 saturated carbocycles. The molecule has 6 aliphatic carbocycles. The van der Waals surface area contributed by atoms with Crippen LogP contribution in [0.25, 0.3) is 11.1 Å². The van der Waals surface area contributed by atoms with E-state index in [1.54, 1.807) is 0 Å². The third kappa shape index (κ3) is 5.13. The van der Waals surface area contributed by atoms with Crippen LogP contribution in [0.2, 0.25) is 0 Å². The Morgan fingerprint density at radius 1 is 0.444 bits per heavy atom. The fourth-order valence-corrected chi connectivity index (χ4v) is 14.8. The second-order valence-electron chi connectivity index (χ2n) is 21.5. The third-order valence-corrected chi connectivity index (χ3v) is 17.4. The molecular weight excluding hydrogens is 763 g/mol. The van der Waals surface area contributed by atoms with E-state index >= 15 is 0 Å². The Hall–Kier alpha value is -5.86. The predicted molar refractivity (Wildman–Crippen MR) is 258 cm³/mol. The molecule has 1 aliphatic heterocycles. The van der Waals surface area contributed by atoms with Crippen LogP contribution in [0.15, 0.2) is 164 Å². The van der Waals surface area contributed by atoms with Crippen LogP contribution in [-0.2, 0) is 21.7 Å². The first-order valence-electron chi connectivity index (χ1n) is 23.9. The molecule has 0 aromatic heterocycles. The van der Waals surface area contributed by atoms with Crippen LogP contribution < -0.4 is 9.64 Å². The first-order valence-corrected chi connectivity index (χ1v) is 23.9. The first-order chi connectivity index (χ1) is 30.7. The molecule has 0 atom stereocenters. The number of para-hydroxylation sites is 1. The van der Waals surface area contributed by atoms with Gasteiger partial charge in [-0.2, -0.15) is 0 Å². The van der Waals surface area contributed by atoms with Gasteiger partial charge in [-0.25, -0.2) is 0 Å². The van der Waals surface area contributed by atoms with E-state index in [9.17, 15) is 0 Å². The summed E-state index contributed by atoms with van der Waals surface area (Å²) in [6.07, 6.45) is 9.11. The van der Waals surface area contributed by atoms with Crippen LogP contribution in [0.5, 0.6) is 11.5 Å². The van der Waals surface area contributed by atoms with Gasteiger partial charge in [0.15, 0.2) is 0 Å². The summed E-state index contributed by atoms with van der Waals surface area (Å²) in [7, 11) is 0. The van der Waals surface area contributed by atoms with Gasteiger partial charge >= 0.3 is 0 Å². The molecule has 1 spiro atoms. The number of fused-ring (bicyclic) bond motifs is 6. The maximum atomic E-state index is 7.01. The van der Waals surface area contributed by atoms with Crippen LogP contribution in [0.3, 0.4) is 0 Å². The molecule has 4 fully saturated rings. The Morgan fingerprint density at radius 2 is 0.984 bits per heavy atom. The molecular formula is C61H57NO. The van der Waals surface area contributed by atoms with Crippen molar-refractivity contribution in [2.45, 2.75) is 94.3 Å². The molecule has 2 nitrogen and oxygen atoms in total. The Balaban J connectivity index is 1.10. The van der Waals surface area contributed by atoms with Crippen LogP contribution in [0, 0.1) is 23.7 Å². The summed E-state index contributed by atoms with van der Waals surface area (Å²) >= 11 is 0. The van der Waals surface area contributed by atoms with E-state index in [0.29, 0.717) is 11.8 Å². The fraction of sp³-hybridized carbons (Fsp3) is 0.311. The standard InChI is InChI=1S/C61H57NO/c1-58(2)30-31-59(3,4)52-37-45(26-28-49(52)58)62(46-27-29-56-53(38-46)61(50-22-13-14-25-55(50)63-56)43-33-39-32-40(35-43)36-44(61)34-39)54-24-15-23-51-57(54)47-20-11-12-21-48(47)60(51,41-16-7-5-8-17-41)42-18-9-6-10-19-42/h5-29,37-40,43-44H,30-36H2,1-4H3. The average molecular weight is 820 g/mol. The van der Waals surface area contributed by atoms with Gasteiger partial charge in [-0.1, -0.05) is 149 Å². The first kappa shape index (κ1) is 37.7. The predicted octanol–water partition coefficient (Wildman–Crippen LogP) is 15.7. The third-order valence-electron chi connectivity index (χ3n) is 17.4. The lowest BCUT2D eigenvalue weighted by atomic mass is 9.42. The highest BCUT2D eigenvalue weighted by Crippen LogP contribution is 2.69. The number of rotatable bonds is 5. The number of hydrogen-bond acceptors (Lipinski definition) is 2. The van der Waals surface area contributed by atoms with Crippen LogP contribution in [0.1, 0.15) is 117 Å². The van der Waals surface area contributed by atoms with Gasteiger partial charge in [0.2, 0.25) is 0 Å². The minimum absolute atomic E-state index is 0.0534. The Kier molecular flexibility index (Phi) is 7.97. The highest BCUT2D eigenvalue weighted by molar-refractivity contribution is 5.97. The molecule has 7 aliphatic rings. The minimum atomic E-state index is -0.490. The molecule has 14 rings (SSSR count). The quantitative estimate of drug-likeness (QED) is 0.171. The van der Waals surface area contributed by atoms with Crippen LogP contribution in [-0.4, -0.2) is 0 Å². The van der Waals surface area contributed by atoms with E-state index in [0.717, 1.165) is 23.3 Å². The van der Waals surface area contributed by atoms with Gasteiger partial charge in [-0.05, 0) is 161 Å². The molecule has 7 aromatic rings. The van der Waals surface area contributed by atoms with Gasteiger partial charge in [0, 0.05) is 33.5 Å². The highest BCUT2D eigenvalue weighted by atomic mass is 16.5. The van der Waals surface area contributed by atoms with E-state index in [2.05, 4.69) is 196 Å². The number of anilines is 3. The lowest BCUT2D eigenvalue weighted by Crippen LogP contribution is -2.57. The van der Waals surface area contributed by atoms with E-state index in [4.69, 9.17) is 4.74 Å². The molecule has 312 valence electrons. The molecule has 0 N–H and O–H groups in total. The molecule has 0 unspecified atom stereocenters. The fourth-order valence-electron chi connectivity index (χ4n) is 14.8. The van der Waals surface area contributed by atoms with Crippen molar-refractivity contribution in [1.29, 1.82) is 0 Å². The zero-order chi connectivity index (χ0) is 42.3. The number of ether oxygens (including phenoxy) is 1. The van der Waals surface area contributed by atoms with E-state index in [-0.39, 0.29) is 16.2 Å². The topological polar surface area (TPSA) is 12.5 Å². The van der Waals surface area contributed by atoms with Gasteiger partial charge in [0.1, 0.15) is 11.5 Å². The second kappa shape index (κ2) is 13.3. The number of nitrogens with zero attached hydrogens (tertiary/aromatic N) is 1. The normalized spacial score (nSPS) is 25.6. The maximum Gasteiger partial charge on any atom is 0.131 e. The lowest BCUT2D eigenvalue weighted by Gasteiger charge is -2.63. The van der Waals surface area contributed by atoms with E-state index in [1.807, 2.05) is 0 Å². The largest absolute Gasteiger partial charge is 0.457 e. The van der Waals surface area contributed by atoms with Crippen molar-refractivity contribution >= 4 is 17.1 Å². The smallest absolute Gasteiger partial charge is 0.131 e. The van der Waals surface area contributed by atoms with Crippen molar-refractivity contribution in [1.82, 2.24) is 0 Å². The Morgan fingerprint density at radius 3 is 1.67 bits per heavy atom. The molecule has 63 heavy (non-hydrogen) atoms. The summed E-state index contributed by atoms with van der Waals surface area (Å²) in [6.45, 7) is 9.81. The summed E-state index contributed by atoms with van der Waals surface area (Å²) in [6, 6.07) is 62.7. The SMILES string of the molecule is CC1(C)CCC(C)(C)c2cc(N(c3ccc4c(c3)C3(c5ccccc5O4)C4CC5CC(C4)CC3C5)c3cccc4c3-c3ccccc3C4(c3ccccc3)c3ccccc3)ccc21. The summed E-state index contributed by atoms with van der Waals surface area (Å²) in [5.41, 5.74) is 16.9. The lowest BCUT2D eigenvalue weighted by molar-refractivity contribution is -0.0452. The van der Waals surface area contributed by atoms with Crippen molar-refractivity contribution in [2.75, 3.05) is 4.90 Å². The zero-order valence-corrected chi connectivity index (χ0v) is 37.2. The highest BCUT2D eigenvalue weighted by Gasteiger charge is 2.61. The average Bonchev–Trinajstić information content (AvgIpc) is 3.61. The monoisotopic (exact) mass is 819 g/mol. The second-order valence-corrected chi connectivity index (χ2v) is 21.5. The maximum absolute atomic E-state index is 7.01. The molecule has 4 bridgehead atoms. The van der Waals surface area contributed by atoms with Crippen molar-refractivity contribution in [3.05, 3.63) is 208 Å². The van der Waals surface area contributed by atoms with Gasteiger partial charge in [-0.15, -0.1) is 0 Å². The van der Waals surface area contributed by atoms with Crippen molar-refractivity contribution in [3.8, 4) is 22.6 Å². The summed E-state index contributed by atoms with van der Waals surface area (Å²) in [4.78, 5) is 2.64. The van der Waals surface area contributed by atoms with Crippen molar-refractivity contribution < 1.29 is 4.74 Å². The van der Waals surface area contributed by atoms with Gasteiger partial charge in [0.05, 0.1) is 11.1 Å². The van der Waals surface area contributed by atoms with Gasteiger partial charge < -0.3 is 9.64 Å².